The van der Waals surface area contributed by atoms with Gasteiger partial charge in [-0.25, -0.2) is 9.97 Å². The van der Waals surface area contributed by atoms with Crippen molar-refractivity contribution in [2.45, 2.75) is 76.1 Å². The number of fused-ring (bicyclic) bond motifs is 3. The maximum Gasteiger partial charge on any atom is 0.390 e. The van der Waals surface area contributed by atoms with E-state index < -0.39 is 12.6 Å². The number of nitrogens with zero attached hydrogens (tertiary/aromatic N) is 3. The van der Waals surface area contributed by atoms with Gasteiger partial charge in [0, 0.05) is 30.8 Å². The van der Waals surface area contributed by atoms with Crippen LogP contribution in [0.15, 0.2) is 18.5 Å². The second-order valence-corrected chi connectivity index (χ2v) is 9.92. The molecular formula is C24H32F3N5O. The number of nitrogen functional groups attached to an aromatic ring is 1. The fourth-order valence-electron chi connectivity index (χ4n) is 5.12. The lowest BCUT2D eigenvalue weighted by Crippen LogP contribution is -2.33. The number of ether oxygens (including phenoxy) is 1. The van der Waals surface area contributed by atoms with E-state index >= 15 is 0 Å². The van der Waals surface area contributed by atoms with Crippen LogP contribution in [0.25, 0.3) is 11.3 Å². The van der Waals surface area contributed by atoms with Crippen LogP contribution in [0.3, 0.4) is 0 Å². The number of benzene rings is 1. The Bertz CT molecular complexity index is 1020. The molecule has 0 saturated heterocycles. The third-order valence-corrected chi connectivity index (χ3v) is 6.80. The third kappa shape index (κ3) is 4.88. The van der Waals surface area contributed by atoms with Gasteiger partial charge in [-0.15, -0.1) is 0 Å². The van der Waals surface area contributed by atoms with Crippen molar-refractivity contribution < 1.29 is 17.9 Å². The Balaban J connectivity index is 1.79. The molecule has 180 valence electrons. The number of rotatable bonds is 5. The highest BCUT2D eigenvalue weighted by molar-refractivity contribution is 5.83. The molecule has 2 aliphatic rings. The highest BCUT2D eigenvalue weighted by Crippen LogP contribution is 2.49. The fraction of sp³-hybridized carbons (Fsp3) is 0.583. The molecule has 0 radical (unpaired) electrons. The predicted octanol–water partition coefficient (Wildman–Crippen LogP) is 4.60. The predicted molar refractivity (Wildman–Crippen MR) is 123 cm³/mol. The van der Waals surface area contributed by atoms with Crippen LogP contribution < -0.4 is 21.1 Å². The number of hydrogen-bond acceptors (Lipinski definition) is 6. The number of aromatic nitrogens is 2. The van der Waals surface area contributed by atoms with Crippen LogP contribution in [0.4, 0.5) is 24.7 Å². The maximum absolute atomic E-state index is 13.0. The van der Waals surface area contributed by atoms with Gasteiger partial charge >= 0.3 is 6.18 Å². The summed E-state index contributed by atoms with van der Waals surface area (Å²) >= 11 is 0. The zero-order chi connectivity index (χ0) is 24.0. The Hall–Kier alpha value is -2.55. The van der Waals surface area contributed by atoms with E-state index in [0.29, 0.717) is 23.7 Å². The van der Waals surface area contributed by atoms with E-state index in [1.807, 2.05) is 12.1 Å². The Labute approximate surface area is 192 Å². The highest BCUT2D eigenvalue weighted by Gasteiger charge is 2.38. The van der Waals surface area contributed by atoms with Crippen LogP contribution >= 0.6 is 0 Å². The Kier molecular flexibility index (Phi) is 6.20. The van der Waals surface area contributed by atoms with Crippen LogP contribution in [0.1, 0.15) is 57.1 Å². The summed E-state index contributed by atoms with van der Waals surface area (Å²) in [5.74, 6) is 1.04. The summed E-state index contributed by atoms with van der Waals surface area (Å²) in [5, 5.41) is 0. The molecule has 33 heavy (non-hydrogen) atoms. The molecule has 4 rings (SSSR count). The molecule has 2 aliphatic carbocycles. The van der Waals surface area contributed by atoms with Gasteiger partial charge in [0.25, 0.3) is 0 Å². The lowest BCUT2D eigenvalue weighted by molar-refractivity contribution is -0.132. The third-order valence-electron chi connectivity index (χ3n) is 6.80. The number of alkyl halides is 3. The van der Waals surface area contributed by atoms with Crippen LogP contribution in [-0.2, 0) is 11.8 Å². The normalized spacial score (nSPS) is 21.8. The van der Waals surface area contributed by atoms with Crippen molar-refractivity contribution in [2.24, 2.45) is 5.73 Å². The number of nitrogens with two attached hydrogens (primary N) is 2. The first-order chi connectivity index (χ1) is 15.5. The molecule has 4 N–H and O–H groups in total. The molecule has 0 spiro atoms. The van der Waals surface area contributed by atoms with Crippen LogP contribution in [0.5, 0.6) is 5.75 Å². The van der Waals surface area contributed by atoms with Gasteiger partial charge in [-0.2, -0.15) is 13.2 Å². The SMILES string of the molecule is CN(CCC(F)(F)F)c1c(OC2CCC(N)CC2)ccc2c1CC(C)(C)c1c(N)ncnc1-2. The van der Waals surface area contributed by atoms with E-state index in [2.05, 4.69) is 23.8 Å². The zero-order valence-electron chi connectivity index (χ0n) is 19.4. The smallest absolute Gasteiger partial charge is 0.390 e. The van der Waals surface area contributed by atoms with Crippen molar-refractivity contribution in [3.63, 3.8) is 0 Å². The van der Waals surface area contributed by atoms with Gasteiger partial charge in [-0.05, 0) is 55.2 Å². The highest BCUT2D eigenvalue weighted by atomic mass is 19.4. The molecule has 1 aromatic heterocycles. The minimum Gasteiger partial charge on any atom is -0.488 e. The van der Waals surface area contributed by atoms with Gasteiger partial charge in [-0.1, -0.05) is 13.8 Å². The van der Waals surface area contributed by atoms with Crippen molar-refractivity contribution in [2.75, 3.05) is 24.2 Å². The van der Waals surface area contributed by atoms with Crippen LogP contribution in [-0.4, -0.2) is 41.9 Å². The first kappa shape index (κ1) is 23.6. The molecular weight excluding hydrogens is 431 g/mol. The largest absolute Gasteiger partial charge is 0.488 e. The van der Waals surface area contributed by atoms with Crippen molar-refractivity contribution in [3.8, 4) is 17.0 Å². The van der Waals surface area contributed by atoms with E-state index in [1.165, 1.54) is 6.33 Å². The first-order valence-electron chi connectivity index (χ1n) is 11.4. The average Bonchev–Trinajstić information content (AvgIpc) is 2.72. The summed E-state index contributed by atoms with van der Waals surface area (Å²) in [6.07, 6.45) is 0.311. The van der Waals surface area contributed by atoms with Gasteiger partial charge in [0.2, 0.25) is 0 Å². The molecule has 0 unspecified atom stereocenters. The van der Waals surface area contributed by atoms with E-state index in [1.54, 1.807) is 11.9 Å². The van der Waals surface area contributed by atoms with Gasteiger partial charge < -0.3 is 21.1 Å². The zero-order valence-corrected chi connectivity index (χ0v) is 19.4. The number of hydrogen-bond donors (Lipinski definition) is 2. The van der Waals surface area contributed by atoms with Gasteiger partial charge in [0.05, 0.1) is 23.9 Å². The van der Waals surface area contributed by atoms with Gasteiger partial charge in [0.1, 0.15) is 17.9 Å². The fourth-order valence-corrected chi connectivity index (χ4v) is 5.12. The summed E-state index contributed by atoms with van der Waals surface area (Å²) in [7, 11) is 1.70. The molecule has 2 aromatic rings. The molecule has 1 aromatic carbocycles. The molecule has 1 heterocycles. The lowest BCUT2D eigenvalue weighted by Gasteiger charge is -2.37. The molecule has 1 saturated carbocycles. The summed E-state index contributed by atoms with van der Waals surface area (Å²) in [6, 6.07) is 3.98. The second kappa shape index (κ2) is 8.66. The first-order valence-corrected chi connectivity index (χ1v) is 11.4. The van der Waals surface area contributed by atoms with Gasteiger partial charge in [0.15, 0.2) is 0 Å². The van der Waals surface area contributed by atoms with E-state index in [9.17, 15) is 13.2 Å². The summed E-state index contributed by atoms with van der Waals surface area (Å²) in [6.45, 7) is 3.96. The van der Waals surface area contributed by atoms with Crippen molar-refractivity contribution >= 4 is 11.5 Å². The van der Waals surface area contributed by atoms with E-state index in [4.69, 9.17) is 16.2 Å². The minimum atomic E-state index is -4.24. The van der Waals surface area contributed by atoms with Crippen LogP contribution in [0, 0.1) is 0 Å². The summed E-state index contributed by atoms with van der Waals surface area (Å²) < 4.78 is 45.5. The molecule has 0 bridgehead atoms. The molecule has 0 aliphatic heterocycles. The molecule has 1 fully saturated rings. The molecule has 6 nitrogen and oxygen atoms in total. The Morgan fingerprint density at radius 2 is 1.85 bits per heavy atom. The van der Waals surface area contributed by atoms with Gasteiger partial charge in [-0.3, -0.25) is 0 Å². The quantitative estimate of drug-likeness (QED) is 0.674. The van der Waals surface area contributed by atoms with Crippen molar-refractivity contribution in [3.05, 3.63) is 29.6 Å². The van der Waals surface area contributed by atoms with Crippen LogP contribution in [0.2, 0.25) is 0 Å². The molecule has 9 heteroatoms. The Morgan fingerprint density at radius 3 is 2.52 bits per heavy atom. The average molecular weight is 464 g/mol. The summed E-state index contributed by atoms with van der Waals surface area (Å²) in [4.78, 5) is 10.4. The second-order valence-electron chi connectivity index (χ2n) is 9.92. The summed E-state index contributed by atoms with van der Waals surface area (Å²) in [5.41, 5.74) is 16.0. The Morgan fingerprint density at radius 1 is 1.15 bits per heavy atom. The number of anilines is 2. The lowest BCUT2D eigenvalue weighted by atomic mass is 9.71. The minimum absolute atomic E-state index is 0.000488. The van der Waals surface area contributed by atoms with Crippen molar-refractivity contribution in [1.82, 2.24) is 9.97 Å². The van der Waals surface area contributed by atoms with E-state index in [-0.39, 0.29) is 24.1 Å². The molecule has 0 atom stereocenters. The monoisotopic (exact) mass is 463 g/mol. The standard InChI is InChI=1S/C24H32F3N5O/c1-23(2)12-17-16(20-19(23)22(29)31-13-30-20)8-9-18(33-15-6-4-14(28)5-7-15)21(17)32(3)11-10-24(25,26)27/h8-9,13-15H,4-7,10-12,28H2,1-3H3,(H2,29,30,31). The van der Waals surface area contributed by atoms with Crippen molar-refractivity contribution in [1.29, 1.82) is 0 Å². The van der Waals surface area contributed by atoms with E-state index in [0.717, 1.165) is 48.1 Å². The maximum atomic E-state index is 13.0. The molecule has 0 amide bonds. The number of halogens is 3. The topological polar surface area (TPSA) is 90.3 Å².